The van der Waals surface area contributed by atoms with Gasteiger partial charge in [-0.25, -0.2) is 4.98 Å². The van der Waals surface area contributed by atoms with E-state index in [1.807, 2.05) is 42.6 Å². The molecule has 0 radical (unpaired) electrons. The maximum atomic E-state index is 5.88. The summed E-state index contributed by atoms with van der Waals surface area (Å²) in [6.07, 6.45) is 1.82. The van der Waals surface area contributed by atoms with Crippen molar-refractivity contribution >= 4 is 11.6 Å². The van der Waals surface area contributed by atoms with E-state index < -0.39 is 0 Å². The van der Waals surface area contributed by atoms with Gasteiger partial charge < -0.3 is 10.1 Å². The predicted octanol–water partition coefficient (Wildman–Crippen LogP) is 3.59. The van der Waals surface area contributed by atoms with E-state index in [9.17, 15) is 0 Å². The Morgan fingerprint density at radius 1 is 1.21 bits per heavy atom. The molecule has 2 aromatic rings. The Morgan fingerprint density at radius 2 is 1.95 bits per heavy atom. The average molecular weight is 277 g/mol. The summed E-state index contributed by atoms with van der Waals surface area (Å²) < 4.78 is 5.03. The SMILES string of the molecule is COc1ccc(CN[C@@H](C)c2ccc(Cl)cc2)cn1. The Morgan fingerprint density at radius 3 is 2.53 bits per heavy atom. The molecule has 0 saturated heterocycles. The second kappa shape index (κ2) is 6.55. The number of nitrogens with one attached hydrogen (secondary N) is 1. The smallest absolute Gasteiger partial charge is 0.212 e. The Hall–Kier alpha value is -1.58. The van der Waals surface area contributed by atoms with E-state index in [1.54, 1.807) is 7.11 Å². The van der Waals surface area contributed by atoms with Crippen molar-refractivity contribution in [1.82, 2.24) is 10.3 Å². The van der Waals surface area contributed by atoms with Gasteiger partial charge >= 0.3 is 0 Å². The molecule has 1 aromatic heterocycles. The number of nitrogens with zero attached hydrogens (tertiary/aromatic N) is 1. The minimum atomic E-state index is 0.263. The summed E-state index contributed by atoms with van der Waals surface area (Å²) >= 11 is 5.88. The van der Waals surface area contributed by atoms with Crippen LogP contribution >= 0.6 is 11.6 Å². The lowest BCUT2D eigenvalue weighted by atomic mass is 10.1. The third-order valence-corrected chi connectivity index (χ3v) is 3.24. The lowest BCUT2D eigenvalue weighted by molar-refractivity contribution is 0.397. The summed E-state index contributed by atoms with van der Waals surface area (Å²) in [7, 11) is 1.61. The van der Waals surface area contributed by atoms with E-state index in [0.717, 1.165) is 17.1 Å². The molecule has 0 amide bonds. The van der Waals surface area contributed by atoms with Gasteiger partial charge in [0.15, 0.2) is 0 Å². The van der Waals surface area contributed by atoms with Crippen LogP contribution in [-0.4, -0.2) is 12.1 Å². The van der Waals surface area contributed by atoms with Crippen molar-refractivity contribution in [2.75, 3.05) is 7.11 Å². The zero-order valence-electron chi connectivity index (χ0n) is 11.1. The Balaban J connectivity index is 1.92. The Kier molecular flexibility index (Phi) is 4.77. The van der Waals surface area contributed by atoms with Gasteiger partial charge in [0, 0.05) is 29.9 Å². The van der Waals surface area contributed by atoms with Crippen LogP contribution in [0, 0.1) is 0 Å². The monoisotopic (exact) mass is 276 g/mol. The van der Waals surface area contributed by atoms with Gasteiger partial charge in [0.1, 0.15) is 0 Å². The molecule has 19 heavy (non-hydrogen) atoms. The molecule has 1 heterocycles. The van der Waals surface area contributed by atoms with Gasteiger partial charge in [0.05, 0.1) is 7.11 Å². The highest BCUT2D eigenvalue weighted by Gasteiger charge is 2.05. The fourth-order valence-electron chi connectivity index (χ4n) is 1.78. The Bertz CT molecular complexity index is 511. The van der Waals surface area contributed by atoms with Gasteiger partial charge in [0.25, 0.3) is 0 Å². The van der Waals surface area contributed by atoms with Gasteiger partial charge in [-0.2, -0.15) is 0 Å². The van der Waals surface area contributed by atoms with Gasteiger partial charge in [0.2, 0.25) is 5.88 Å². The number of pyridine rings is 1. The van der Waals surface area contributed by atoms with Crippen molar-refractivity contribution in [3.05, 3.63) is 58.7 Å². The van der Waals surface area contributed by atoms with Gasteiger partial charge in [-0.1, -0.05) is 29.8 Å². The zero-order valence-corrected chi connectivity index (χ0v) is 11.8. The molecule has 0 aliphatic carbocycles. The van der Waals surface area contributed by atoms with Crippen LogP contribution in [0.3, 0.4) is 0 Å². The molecule has 0 spiro atoms. The topological polar surface area (TPSA) is 34.1 Å². The van der Waals surface area contributed by atoms with E-state index >= 15 is 0 Å². The number of rotatable bonds is 5. The molecule has 100 valence electrons. The molecule has 0 fully saturated rings. The van der Waals surface area contributed by atoms with Crippen LogP contribution in [0.2, 0.25) is 5.02 Å². The summed E-state index contributed by atoms with van der Waals surface area (Å²) in [6.45, 7) is 2.89. The quantitative estimate of drug-likeness (QED) is 0.906. The van der Waals surface area contributed by atoms with Crippen molar-refractivity contribution < 1.29 is 4.74 Å². The van der Waals surface area contributed by atoms with Crippen LogP contribution in [0.25, 0.3) is 0 Å². The number of benzene rings is 1. The first kappa shape index (κ1) is 13.8. The van der Waals surface area contributed by atoms with Crippen molar-refractivity contribution in [3.63, 3.8) is 0 Å². The summed E-state index contributed by atoms with van der Waals surface area (Å²) in [5.41, 5.74) is 2.34. The first-order valence-electron chi connectivity index (χ1n) is 6.17. The maximum absolute atomic E-state index is 5.88. The minimum absolute atomic E-state index is 0.263. The number of hydrogen-bond acceptors (Lipinski definition) is 3. The molecular formula is C15H17ClN2O. The number of methoxy groups -OCH3 is 1. The fraction of sp³-hybridized carbons (Fsp3) is 0.267. The molecule has 0 saturated carbocycles. The fourth-order valence-corrected chi connectivity index (χ4v) is 1.90. The van der Waals surface area contributed by atoms with Crippen LogP contribution in [0.4, 0.5) is 0 Å². The van der Waals surface area contributed by atoms with E-state index in [4.69, 9.17) is 16.3 Å². The van der Waals surface area contributed by atoms with Crippen LogP contribution in [0.15, 0.2) is 42.6 Å². The molecule has 0 bridgehead atoms. The highest BCUT2D eigenvalue weighted by atomic mass is 35.5. The summed E-state index contributed by atoms with van der Waals surface area (Å²) in [6, 6.07) is 12.0. The number of ether oxygens (including phenoxy) is 1. The lowest BCUT2D eigenvalue weighted by Crippen LogP contribution is -2.18. The normalized spacial score (nSPS) is 12.2. The second-order valence-corrected chi connectivity index (χ2v) is 4.80. The standard InChI is InChI=1S/C15H17ClN2O/c1-11(13-4-6-14(16)7-5-13)17-9-12-3-8-15(19-2)18-10-12/h3-8,10-11,17H,9H2,1-2H3/t11-/m0/s1. The molecule has 1 aromatic carbocycles. The van der Waals surface area contributed by atoms with Crippen LogP contribution in [0.5, 0.6) is 5.88 Å². The Labute approximate surface area is 118 Å². The second-order valence-electron chi connectivity index (χ2n) is 4.36. The first-order valence-corrected chi connectivity index (χ1v) is 6.54. The third kappa shape index (κ3) is 3.94. The van der Waals surface area contributed by atoms with E-state index in [-0.39, 0.29) is 6.04 Å². The van der Waals surface area contributed by atoms with Crippen LogP contribution in [0.1, 0.15) is 24.1 Å². The number of halogens is 1. The number of aromatic nitrogens is 1. The molecule has 3 nitrogen and oxygen atoms in total. The first-order chi connectivity index (χ1) is 9.19. The lowest BCUT2D eigenvalue weighted by Gasteiger charge is -2.14. The largest absolute Gasteiger partial charge is 0.481 e. The van der Waals surface area contributed by atoms with Crippen molar-refractivity contribution in [3.8, 4) is 5.88 Å². The van der Waals surface area contributed by atoms with E-state index in [0.29, 0.717) is 5.88 Å². The average Bonchev–Trinajstić information content (AvgIpc) is 2.46. The summed E-state index contributed by atoms with van der Waals surface area (Å²) in [4.78, 5) is 4.18. The molecule has 0 aliphatic rings. The molecular weight excluding hydrogens is 260 g/mol. The summed E-state index contributed by atoms with van der Waals surface area (Å²) in [5.74, 6) is 0.634. The molecule has 4 heteroatoms. The minimum Gasteiger partial charge on any atom is -0.481 e. The van der Waals surface area contributed by atoms with Crippen molar-refractivity contribution in [1.29, 1.82) is 0 Å². The van der Waals surface area contributed by atoms with Gasteiger partial charge in [-0.3, -0.25) is 0 Å². The molecule has 0 aliphatic heterocycles. The molecule has 1 N–H and O–H groups in total. The van der Waals surface area contributed by atoms with Crippen LogP contribution in [-0.2, 0) is 6.54 Å². The molecule has 2 rings (SSSR count). The van der Waals surface area contributed by atoms with Crippen molar-refractivity contribution in [2.45, 2.75) is 19.5 Å². The van der Waals surface area contributed by atoms with Crippen molar-refractivity contribution in [2.24, 2.45) is 0 Å². The molecule has 1 atom stereocenters. The maximum Gasteiger partial charge on any atom is 0.212 e. The summed E-state index contributed by atoms with van der Waals surface area (Å²) in [5, 5.41) is 4.21. The number of hydrogen-bond donors (Lipinski definition) is 1. The molecule has 0 unspecified atom stereocenters. The van der Waals surface area contributed by atoms with Crippen LogP contribution < -0.4 is 10.1 Å². The third-order valence-electron chi connectivity index (χ3n) is 2.99. The predicted molar refractivity (Wildman–Crippen MR) is 77.5 cm³/mol. The zero-order chi connectivity index (χ0) is 13.7. The van der Waals surface area contributed by atoms with E-state index in [1.165, 1.54) is 5.56 Å². The van der Waals surface area contributed by atoms with Gasteiger partial charge in [-0.05, 0) is 30.2 Å². The highest BCUT2D eigenvalue weighted by Crippen LogP contribution is 2.16. The van der Waals surface area contributed by atoms with E-state index in [2.05, 4.69) is 17.2 Å². The van der Waals surface area contributed by atoms with Gasteiger partial charge in [-0.15, -0.1) is 0 Å². The highest BCUT2D eigenvalue weighted by molar-refractivity contribution is 6.30.